The summed E-state index contributed by atoms with van der Waals surface area (Å²) in [5, 5.41) is 53.4. The quantitative estimate of drug-likeness (QED) is 0.113. The van der Waals surface area contributed by atoms with Gasteiger partial charge in [0.1, 0.15) is 24.4 Å². The fraction of sp³-hybridized carbons (Fsp3) is 0.963. The SMILES string of the molecule is CCCCCCCCCC[NH+](C)CCCCCCCCCC.O=C([O-])[C@H](O)[C@@H](O)[C@H](O)[C@H](O)CO. The molecule has 6 N–H and O–H groups in total. The van der Waals surface area contributed by atoms with E-state index >= 15 is 0 Å². The van der Waals surface area contributed by atoms with Crippen LogP contribution >= 0.6 is 0 Å². The summed E-state index contributed by atoms with van der Waals surface area (Å²) in [7, 11) is 2.39. The van der Waals surface area contributed by atoms with Gasteiger partial charge in [0.25, 0.3) is 0 Å². The van der Waals surface area contributed by atoms with Crippen molar-refractivity contribution < 1.29 is 40.3 Å². The molecule has 0 aromatic heterocycles. The summed E-state index contributed by atoms with van der Waals surface area (Å²) in [6.45, 7) is 6.52. The second-order valence-electron chi connectivity index (χ2n) is 9.90. The van der Waals surface area contributed by atoms with Crippen molar-refractivity contribution >= 4 is 5.97 Å². The van der Waals surface area contributed by atoms with Gasteiger partial charge in [-0.25, -0.2) is 0 Å². The fourth-order valence-corrected chi connectivity index (χ4v) is 3.91. The molecule has 0 amide bonds. The highest BCUT2D eigenvalue weighted by molar-refractivity contribution is 5.70. The molecule has 35 heavy (non-hydrogen) atoms. The maximum absolute atomic E-state index is 9.98. The van der Waals surface area contributed by atoms with Crippen LogP contribution in [-0.4, -0.2) is 82.7 Å². The van der Waals surface area contributed by atoms with E-state index in [4.69, 9.17) is 25.5 Å². The summed E-state index contributed by atoms with van der Waals surface area (Å²) in [6.07, 6.45) is 15.1. The van der Waals surface area contributed by atoms with Crippen LogP contribution in [0.2, 0.25) is 0 Å². The van der Waals surface area contributed by atoms with E-state index in [1.165, 1.54) is 116 Å². The van der Waals surface area contributed by atoms with Crippen LogP contribution in [0.5, 0.6) is 0 Å². The number of carbonyl (C=O) groups is 1. The highest BCUT2D eigenvalue weighted by Crippen LogP contribution is 2.09. The van der Waals surface area contributed by atoms with E-state index in [2.05, 4.69) is 20.9 Å². The summed E-state index contributed by atoms with van der Waals surface area (Å²) in [5.41, 5.74) is 0. The number of hydrogen-bond donors (Lipinski definition) is 6. The van der Waals surface area contributed by atoms with Crippen molar-refractivity contribution in [3.8, 4) is 0 Å². The first kappa shape index (κ1) is 36.4. The summed E-state index contributed by atoms with van der Waals surface area (Å²) in [4.78, 5) is 11.7. The van der Waals surface area contributed by atoms with Crippen LogP contribution in [0.3, 0.4) is 0 Å². The van der Waals surface area contributed by atoms with Crippen LogP contribution in [0.1, 0.15) is 117 Å². The second kappa shape index (κ2) is 26.3. The summed E-state index contributed by atoms with van der Waals surface area (Å²) < 4.78 is 0. The molecule has 8 nitrogen and oxygen atoms in total. The molecule has 0 unspecified atom stereocenters. The molecule has 212 valence electrons. The molecular formula is C27H57NO7. The van der Waals surface area contributed by atoms with E-state index in [9.17, 15) is 9.90 Å². The van der Waals surface area contributed by atoms with Gasteiger partial charge >= 0.3 is 0 Å². The van der Waals surface area contributed by atoms with Gasteiger partial charge in [-0.3, -0.25) is 0 Å². The second-order valence-corrected chi connectivity index (χ2v) is 9.90. The first-order chi connectivity index (χ1) is 16.7. The van der Waals surface area contributed by atoms with Crippen LogP contribution in [0, 0.1) is 0 Å². The highest BCUT2D eigenvalue weighted by Gasteiger charge is 2.30. The molecule has 0 aliphatic rings. The number of hydrogen-bond acceptors (Lipinski definition) is 7. The topological polar surface area (TPSA) is 146 Å². The monoisotopic (exact) mass is 507 g/mol. The van der Waals surface area contributed by atoms with Crippen LogP contribution in [0.25, 0.3) is 0 Å². The minimum atomic E-state index is -2.31. The average Bonchev–Trinajstić information content (AvgIpc) is 2.85. The van der Waals surface area contributed by atoms with Crippen molar-refractivity contribution in [2.45, 2.75) is 141 Å². The van der Waals surface area contributed by atoms with E-state index in [1.54, 1.807) is 4.90 Å². The van der Waals surface area contributed by atoms with Crippen LogP contribution in [0.4, 0.5) is 0 Å². The van der Waals surface area contributed by atoms with E-state index in [0.29, 0.717) is 0 Å². The Hall–Kier alpha value is -0.770. The Balaban J connectivity index is 0. The normalized spacial score (nSPS) is 14.8. The number of carboxylic acid groups (broad SMARTS) is 1. The minimum Gasteiger partial charge on any atom is -0.547 e. The Kier molecular flexibility index (Phi) is 27.3. The molecule has 0 aliphatic heterocycles. The molecule has 0 saturated heterocycles. The van der Waals surface area contributed by atoms with E-state index in [0.717, 1.165) is 0 Å². The zero-order valence-corrected chi connectivity index (χ0v) is 22.8. The van der Waals surface area contributed by atoms with Gasteiger partial charge in [-0.05, 0) is 25.7 Å². The van der Waals surface area contributed by atoms with Gasteiger partial charge < -0.3 is 40.3 Å². The molecule has 8 heteroatoms. The lowest BCUT2D eigenvalue weighted by Crippen LogP contribution is -3.09. The third-order valence-corrected chi connectivity index (χ3v) is 6.41. The summed E-state index contributed by atoms with van der Waals surface area (Å²) in [5.74, 6) is -1.98. The van der Waals surface area contributed by atoms with E-state index < -0.39 is 37.0 Å². The van der Waals surface area contributed by atoms with Crippen molar-refractivity contribution in [3.05, 3.63) is 0 Å². The van der Waals surface area contributed by atoms with Crippen molar-refractivity contribution in [2.75, 3.05) is 26.7 Å². The average molecular weight is 508 g/mol. The van der Waals surface area contributed by atoms with Crippen molar-refractivity contribution in [1.29, 1.82) is 0 Å². The summed E-state index contributed by atoms with van der Waals surface area (Å²) >= 11 is 0. The number of quaternary nitrogens is 1. The molecule has 0 bridgehead atoms. The van der Waals surface area contributed by atoms with Gasteiger partial charge in [0.2, 0.25) is 0 Å². The third kappa shape index (κ3) is 23.4. The molecule has 0 fully saturated rings. The maximum Gasteiger partial charge on any atom is 0.122 e. The number of carboxylic acids is 1. The lowest BCUT2D eigenvalue weighted by molar-refractivity contribution is -0.880. The Morgan fingerprint density at radius 2 is 1.00 bits per heavy atom. The molecule has 0 rings (SSSR count). The number of aliphatic carboxylic acids is 1. The van der Waals surface area contributed by atoms with Gasteiger partial charge in [0, 0.05) is 0 Å². The van der Waals surface area contributed by atoms with Crippen molar-refractivity contribution in [1.82, 2.24) is 0 Å². The number of aliphatic hydroxyl groups is 5. The molecule has 4 atom stereocenters. The largest absolute Gasteiger partial charge is 0.547 e. The van der Waals surface area contributed by atoms with E-state index in [-0.39, 0.29) is 0 Å². The first-order valence-corrected chi connectivity index (χ1v) is 14.1. The van der Waals surface area contributed by atoms with Gasteiger partial charge in [0.15, 0.2) is 0 Å². The molecule has 0 aromatic rings. The number of nitrogens with one attached hydrogen (secondary N) is 1. The minimum absolute atomic E-state index is 0.863. The highest BCUT2D eigenvalue weighted by atomic mass is 16.4. The van der Waals surface area contributed by atoms with Gasteiger partial charge in [-0.1, -0.05) is 90.9 Å². The third-order valence-electron chi connectivity index (χ3n) is 6.41. The number of aliphatic hydroxyl groups excluding tert-OH is 5. The first-order valence-electron chi connectivity index (χ1n) is 14.1. The Morgan fingerprint density at radius 3 is 1.31 bits per heavy atom. The molecule has 0 radical (unpaired) electrons. The summed E-state index contributed by atoms with van der Waals surface area (Å²) in [6, 6.07) is 0. The van der Waals surface area contributed by atoms with Crippen LogP contribution in [-0.2, 0) is 4.79 Å². The Labute approximate surface area is 214 Å². The Morgan fingerprint density at radius 1 is 0.657 bits per heavy atom. The van der Waals surface area contributed by atoms with Crippen molar-refractivity contribution in [3.63, 3.8) is 0 Å². The zero-order chi connectivity index (χ0) is 26.9. The van der Waals surface area contributed by atoms with Crippen LogP contribution in [0.15, 0.2) is 0 Å². The van der Waals surface area contributed by atoms with Gasteiger partial charge in [-0.15, -0.1) is 0 Å². The maximum atomic E-state index is 9.98. The number of unbranched alkanes of at least 4 members (excludes halogenated alkanes) is 14. The lowest BCUT2D eigenvalue weighted by atomic mass is 10.0. The van der Waals surface area contributed by atoms with Crippen LogP contribution < -0.4 is 10.0 Å². The van der Waals surface area contributed by atoms with Crippen molar-refractivity contribution in [2.24, 2.45) is 0 Å². The Bertz CT molecular complexity index is 433. The fourth-order valence-electron chi connectivity index (χ4n) is 3.91. The molecule has 0 aliphatic carbocycles. The zero-order valence-electron chi connectivity index (χ0n) is 22.8. The molecule has 0 saturated carbocycles. The molecule has 0 spiro atoms. The standard InChI is InChI=1S/C21H45N.C6H12O7/c1-4-6-8-10-12-14-16-18-20-22(3)21-19-17-15-13-11-9-7-5-2;7-1-2(8)3(9)4(10)5(11)6(12)13/h4-21H2,1-3H3;2-5,7-11H,1H2,(H,12,13)/t;2-,3-,4+,5-/m.1/s1. The predicted molar refractivity (Wildman–Crippen MR) is 138 cm³/mol. The molecule has 0 heterocycles. The molecular weight excluding hydrogens is 450 g/mol. The lowest BCUT2D eigenvalue weighted by Gasteiger charge is -2.25. The molecule has 0 aromatic carbocycles. The predicted octanol–water partition coefficient (Wildman–Crippen LogP) is 0.955. The van der Waals surface area contributed by atoms with Gasteiger partial charge in [-0.2, -0.15) is 0 Å². The smallest absolute Gasteiger partial charge is 0.122 e. The van der Waals surface area contributed by atoms with E-state index in [1.807, 2.05) is 0 Å². The van der Waals surface area contributed by atoms with Gasteiger partial charge in [0.05, 0.1) is 32.7 Å². The number of carbonyl (C=O) groups excluding carboxylic acids is 1. The number of rotatable bonds is 23.